The summed E-state index contributed by atoms with van der Waals surface area (Å²) in [5.74, 6) is 0.961. The molecule has 0 saturated carbocycles. The highest BCUT2D eigenvalue weighted by molar-refractivity contribution is 5.40. The molecule has 0 aliphatic heterocycles. The first-order chi connectivity index (χ1) is 8.67. The van der Waals surface area contributed by atoms with Gasteiger partial charge in [0, 0.05) is 31.9 Å². The van der Waals surface area contributed by atoms with Crippen molar-refractivity contribution in [1.29, 1.82) is 0 Å². The Kier molecular flexibility index (Phi) is 6.15. The van der Waals surface area contributed by atoms with E-state index in [1.54, 1.807) is 0 Å². The predicted molar refractivity (Wildman–Crippen MR) is 78.8 cm³/mol. The van der Waals surface area contributed by atoms with Crippen molar-refractivity contribution in [3.63, 3.8) is 0 Å². The quantitative estimate of drug-likeness (QED) is 0.714. The largest absolute Gasteiger partial charge is 0.349 e. The minimum absolute atomic E-state index is 0.489. The van der Waals surface area contributed by atoms with Gasteiger partial charge in [-0.25, -0.2) is 4.98 Å². The van der Waals surface area contributed by atoms with Gasteiger partial charge < -0.3 is 10.2 Å². The fourth-order valence-corrected chi connectivity index (χ4v) is 1.60. The van der Waals surface area contributed by atoms with Gasteiger partial charge in [0.25, 0.3) is 0 Å². The molecule has 0 fully saturated rings. The maximum absolute atomic E-state index is 4.48. The van der Waals surface area contributed by atoms with Gasteiger partial charge in [0.2, 0.25) is 0 Å². The summed E-state index contributed by atoms with van der Waals surface area (Å²) in [5.41, 5.74) is 1.20. The fourth-order valence-electron chi connectivity index (χ4n) is 1.60. The minimum atomic E-state index is 0.489. The molecule has 1 rings (SSSR count). The number of pyridine rings is 1. The average Bonchev–Trinajstić information content (AvgIpc) is 2.37. The molecule has 3 heteroatoms. The number of rotatable bonds is 8. The normalized spacial score (nSPS) is 10.4. The molecule has 1 N–H and O–H groups in total. The second-order valence-corrected chi connectivity index (χ2v) is 4.54. The zero-order valence-corrected chi connectivity index (χ0v) is 11.4. The molecule has 0 amide bonds. The first-order valence-electron chi connectivity index (χ1n) is 6.32. The summed E-state index contributed by atoms with van der Waals surface area (Å²) >= 11 is 0. The van der Waals surface area contributed by atoms with Gasteiger partial charge in [0.15, 0.2) is 0 Å². The van der Waals surface area contributed by atoms with Crippen molar-refractivity contribution in [2.24, 2.45) is 0 Å². The van der Waals surface area contributed by atoms with E-state index in [1.165, 1.54) is 5.56 Å². The Hall–Kier alpha value is -1.61. The Balaban J connectivity index is 2.67. The summed E-state index contributed by atoms with van der Waals surface area (Å²) in [7, 11) is 0. The van der Waals surface area contributed by atoms with Crippen molar-refractivity contribution in [3.8, 4) is 0 Å². The van der Waals surface area contributed by atoms with E-state index in [-0.39, 0.29) is 0 Å². The van der Waals surface area contributed by atoms with Crippen molar-refractivity contribution in [1.82, 2.24) is 10.3 Å². The number of nitrogens with zero attached hydrogens (tertiary/aromatic N) is 2. The van der Waals surface area contributed by atoms with Gasteiger partial charge >= 0.3 is 0 Å². The summed E-state index contributed by atoms with van der Waals surface area (Å²) < 4.78 is 0. The topological polar surface area (TPSA) is 28.2 Å². The highest BCUT2D eigenvalue weighted by Gasteiger charge is 2.04. The molecule has 0 atom stereocenters. The lowest BCUT2D eigenvalue weighted by Gasteiger charge is -2.20. The molecule has 0 aliphatic carbocycles. The maximum Gasteiger partial charge on any atom is 0.129 e. The molecule has 0 unspecified atom stereocenters. The molecular formula is C15H23N3. The third kappa shape index (κ3) is 4.72. The fraction of sp³-hybridized carbons (Fsp3) is 0.400. The molecule has 3 nitrogen and oxygen atoms in total. The van der Waals surface area contributed by atoms with E-state index in [4.69, 9.17) is 0 Å². The molecule has 0 spiro atoms. The van der Waals surface area contributed by atoms with Gasteiger partial charge in [-0.05, 0) is 11.6 Å². The number of hydrogen-bond acceptors (Lipinski definition) is 3. The van der Waals surface area contributed by atoms with Crippen molar-refractivity contribution in [2.45, 2.75) is 26.4 Å². The van der Waals surface area contributed by atoms with Crippen LogP contribution in [0.2, 0.25) is 0 Å². The number of nitrogens with one attached hydrogen (secondary N) is 1. The highest BCUT2D eigenvalue weighted by atomic mass is 15.2. The average molecular weight is 245 g/mol. The van der Waals surface area contributed by atoms with E-state index in [0.717, 1.165) is 25.5 Å². The van der Waals surface area contributed by atoms with Crippen LogP contribution in [0, 0.1) is 0 Å². The standard InChI is InChI=1S/C15H23N3/c1-5-9-18(10-6-2)15-8-7-14(12-17-15)11-16-13(3)4/h5-8,12-13,16H,1-2,9-11H2,3-4H3. The Morgan fingerprint density at radius 2 is 1.94 bits per heavy atom. The van der Waals surface area contributed by atoms with Gasteiger partial charge in [-0.3, -0.25) is 0 Å². The first-order valence-corrected chi connectivity index (χ1v) is 6.32. The van der Waals surface area contributed by atoms with Crippen LogP contribution in [0.3, 0.4) is 0 Å². The molecule has 1 aromatic rings. The van der Waals surface area contributed by atoms with E-state index in [0.29, 0.717) is 6.04 Å². The molecule has 18 heavy (non-hydrogen) atoms. The summed E-state index contributed by atoms with van der Waals surface area (Å²) in [5, 5.41) is 3.37. The van der Waals surface area contributed by atoms with Gasteiger partial charge in [0.1, 0.15) is 5.82 Å². The summed E-state index contributed by atoms with van der Waals surface area (Å²) in [6, 6.07) is 4.64. The van der Waals surface area contributed by atoms with Gasteiger partial charge in [0.05, 0.1) is 0 Å². The van der Waals surface area contributed by atoms with Crippen LogP contribution in [-0.2, 0) is 6.54 Å². The second-order valence-electron chi connectivity index (χ2n) is 4.54. The van der Waals surface area contributed by atoms with Gasteiger partial charge in [-0.1, -0.05) is 32.1 Å². The van der Waals surface area contributed by atoms with Crippen LogP contribution >= 0.6 is 0 Å². The van der Waals surface area contributed by atoms with Crippen molar-refractivity contribution in [3.05, 3.63) is 49.2 Å². The summed E-state index contributed by atoms with van der Waals surface area (Å²) in [4.78, 5) is 6.61. The third-order valence-corrected chi connectivity index (χ3v) is 2.55. The smallest absolute Gasteiger partial charge is 0.129 e. The van der Waals surface area contributed by atoms with Crippen molar-refractivity contribution < 1.29 is 0 Å². The molecule has 1 heterocycles. The molecule has 1 aromatic heterocycles. The minimum Gasteiger partial charge on any atom is -0.349 e. The lowest BCUT2D eigenvalue weighted by molar-refractivity contribution is 0.588. The van der Waals surface area contributed by atoms with Gasteiger partial charge in [-0.15, -0.1) is 13.2 Å². The van der Waals surface area contributed by atoms with Crippen LogP contribution < -0.4 is 10.2 Å². The zero-order chi connectivity index (χ0) is 13.4. The molecule has 0 saturated heterocycles. The SMILES string of the molecule is C=CCN(CC=C)c1ccc(CNC(C)C)cn1. The van der Waals surface area contributed by atoms with Crippen molar-refractivity contribution >= 4 is 5.82 Å². The molecule has 0 bridgehead atoms. The summed E-state index contributed by atoms with van der Waals surface area (Å²) in [6.45, 7) is 14.2. The molecule has 0 aromatic carbocycles. The molecule has 0 aliphatic rings. The Labute approximate surface area is 110 Å². The molecule has 0 radical (unpaired) electrons. The number of aromatic nitrogens is 1. The molecule has 98 valence electrons. The van der Waals surface area contributed by atoms with E-state index in [1.807, 2.05) is 24.4 Å². The predicted octanol–water partition coefficient (Wildman–Crippen LogP) is 2.76. The van der Waals surface area contributed by atoms with E-state index < -0.39 is 0 Å². The van der Waals surface area contributed by atoms with E-state index in [2.05, 4.69) is 48.3 Å². The highest BCUT2D eigenvalue weighted by Crippen LogP contribution is 2.11. The second kappa shape index (κ2) is 7.67. The van der Waals surface area contributed by atoms with Crippen LogP contribution in [0.15, 0.2) is 43.6 Å². The van der Waals surface area contributed by atoms with Gasteiger partial charge in [-0.2, -0.15) is 0 Å². The molecular weight excluding hydrogens is 222 g/mol. The van der Waals surface area contributed by atoms with Crippen LogP contribution in [0.5, 0.6) is 0 Å². The Morgan fingerprint density at radius 3 is 2.39 bits per heavy atom. The Bertz CT molecular complexity index is 358. The van der Waals surface area contributed by atoms with Crippen LogP contribution in [0.25, 0.3) is 0 Å². The van der Waals surface area contributed by atoms with E-state index >= 15 is 0 Å². The lowest BCUT2D eigenvalue weighted by Crippen LogP contribution is -2.24. The van der Waals surface area contributed by atoms with Crippen LogP contribution in [0.1, 0.15) is 19.4 Å². The summed E-state index contributed by atoms with van der Waals surface area (Å²) in [6.07, 6.45) is 5.67. The number of hydrogen-bond donors (Lipinski definition) is 1. The van der Waals surface area contributed by atoms with E-state index in [9.17, 15) is 0 Å². The number of anilines is 1. The van der Waals surface area contributed by atoms with Crippen molar-refractivity contribution in [2.75, 3.05) is 18.0 Å². The Morgan fingerprint density at radius 1 is 1.28 bits per heavy atom. The lowest BCUT2D eigenvalue weighted by atomic mass is 10.2. The van der Waals surface area contributed by atoms with Crippen LogP contribution in [-0.4, -0.2) is 24.1 Å². The maximum atomic E-state index is 4.48. The third-order valence-electron chi connectivity index (χ3n) is 2.55. The van der Waals surface area contributed by atoms with Crippen LogP contribution in [0.4, 0.5) is 5.82 Å². The monoisotopic (exact) mass is 245 g/mol. The first kappa shape index (κ1) is 14.5. The zero-order valence-electron chi connectivity index (χ0n) is 11.4.